The van der Waals surface area contributed by atoms with Crippen LogP contribution in [0, 0.1) is 0 Å². The zero-order chi connectivity index (χ0) is 15.4. The van der Waals surface area contributed by atoms with E-state index in [1.807, 2.05) is 18.2 Å². The Morgan fingerprint density at radius 2 is 2.23 bits per heavy atom. The fourth-order valence-electron chi connectivity index (χ4n) is 1.84. The van der Waals surface area contributed by atoms with Crippen LogP contribution >= 0.6 is 22.9 Å². The number of carbonyl (C=O) groups is 1. The van der Waals surface area contributed by atoms with Crippen molar-refractivity contribution in [3.63, 3.8) is 0 Å². The van der Waals surface area contributed by atoms with Crippen molar-refractivity contribution in [2.45, 2.75) is 12.8 Å². The molecule has 0 aliphatic rings. The van der Waals surface area contributed by atoms with E-state index in [4.69, 9.17) is 16.0 Å². The molecule has 1 N–H and O–H groups in total. The number of nitrogens with zero attached hydrogens (tertiary/aromatic N) is 3. The largest absolute Gasteiger partial charge is 0.441 e. The number of hydrogen-bond donors (Lipinski definition) is 1. The number of nitrogens with one attached hydrogen (secondary N) is 1. The maximum atomic E-state index is 11.8. The van der Waals surface area contributed by atoms with Gasteiger partial charge in [-0.15, -0.1) is 10.2 Å². The normalized spacial score (nSPS) is 10.6. The minimum absolute atomic E-state index is 0.158. The summed E-state index contributed by atoms with van der Waals surface area (Å²) in [6, 6.07) is 7.36. The highest BCUT2D eigenvalue weighted by Crippen LogP contribution is 2.28. The molecule has 3 rings (SSSR count). The van der Waals surface area contributed by atoms with Crippen molar-refractivity contribution in [1.29, 1.82) is 0 Å². The summed E-state index contributed by atoms with van der Waals surface area (Å²) in [7, 11) is 0. The van der Waals surface area contributed by atoms with Gasteiger partial charge in [0.15, 0.2) is 11.7 Å². The van der Waals surface area contributed by atoms with Crippen LogP contribution in [0.1, 0.15) is 12.3 Å². The van der Waals surface area contributed by atoms with Crippen molar-refractivity contribution >= 4 is 34.0 Å². The van der Waals surface area contributed by atoms with Gasteiger partial charge in [-0.25, -0.2) is 4.98 Å². The van der Waals surface area contributed by atoms with Gasteiger partial charge in [-0.05, 0) is 12.1 Å². The maximum absolute atomic E-state index is 11.8. The molecule has 0 unspecified atom stereocenters. The van der Waals surface area contributed by atoms with Gasteiger partial charge in [0.05, 0.1) is 11.2 Å². The maximum Gasteiger partial charge on any atom is 0.226 e. The zero-order valence-corrected chi connectivity index (χ0v) is 12.9. The molecule has 6 nitrogen and oxygen atoms in total. The van der Waals surface area contributed by atoms with Crippen molar-refractivity contribution in [3.8, 4) is 11.3 Å². The zero-order valence-electron chi connectivity index (χ0n) is 11.3. The quantitative estimate of drug-likeness (QED) is 0.773. The first-order valence-corrected chi connectivity index (χ1v) is 7.74. The highest BCUT2D eigenvalue weighted by Gasteiger charge is 2.11. The first-order chi connectivity index (χ1) is 10.7. The van der Waals surface area contributed by atoms with Crippen molar-refractivity contribution in [2.24, 2.45) is 0 Å². The van der Waals surface area contributed by atoms with Crippen LogP contribution in [0.15, 0.2) is 40.4 Å². The summed E-state index contributed by atoms with van der Waals surface area (Å²) < 4.78 is 5.64. The Morgan fingerprint density at radius 3 is 3.00 bits per heavy atom. The SMILES string of the molecule is O=C(CCc1ncc(-c2ccccc2Cl)o1)Nc1nncs1. The molecule has 1 aromatic carbocycles. The van der Waals surface area contributed by atoms with Gasteiger partial charge in [0, 0.05) is 18.4 Å². The second-order valence-electron chi connectivity index (χ2n) is 4.39. The highest BCUT2D eigenvalue weighted by atomic mass is 35.5. The molecular weight excluding hydrogens is 324 g/mol. The summed E-state index contributed by atoms with van der Waals surface area (Å²) >= 11 is 7.38. The van der Waals surface area contributed by atoms with Gasteiger partial charge in [0.2, 0.25) is 11.0 Å². The van der Waals surface area contributed by atoms with Gasteiger partial charge in [-0.2, -0.15) is 0 Å². The van der Waals surface area contributed by atoms with E-state index in [9.17, 15) is 4.79 Å². The molecule has 3 aromatic rings. The van der Waals surface area contributed by atoms with Gasteiger partial charge < -0.3 is 9.73 Å². The Balaban J connectivity index is 1.60. The molecule has 0 atom stereocenters. The number of halogens is 1. The molecule has 0 aliphatic heterocycles. The first kappa shape index (κ1) is 14.7. The van der Waals surface area contributed by atoms with E-state index in [1.165, 1.54) is 11.3 Å². The van der Waals surface area contributed by atoms with Crippen molar-refractivity contribution in [1.82, 2.24) is 15.2 Å². The lowest BCUT2D eigenvalue weighted by Gasteiger charge is -2.00. The minimum atomic E-state index is -0.158. The van der Waals surface area contributed by atoms with Crippen molar-refractivity contribution in [3.05, 3.63) is 46.9 Å². The number of rotatable bonds is 5. The predicted molar refractivity (Wildman–Crippen MR) is 83.8 cm³/mol. The number of amides is 1. The summed E-state index contributed by atoms with van der Waals surface area (Å²) in [4.78, 5) is 15.9. The molecule has 22 heavy (non-hydrogen) atoms. The van der Waals surface area contributed by atoms with E-state index in [2.05, 4.69) is 20.5 Å². The lowest BCUT2D eigenvalue weighted by Crippen LogP contribution is -2.12. The summed E-state index contributed by atoms with van der Waals surface area (Å²) in [6.45, 7) is 0. The third-order valence-corrected chi connectivity index (χ3v) is 3.80. The van der Waals surface area contributed by atoms with E-state index in [0.29, 0.717) is 28.2 Å². The molecule has 0 aliphatic carbocycles. The molecular formula is C14H11ClN4O2S. The average Bonchev–Trinajstić information content (AvgIpc) is 3.17. The van der Waals surface area contributed by atoms with E-state index in [1.54, 1.807) is 17.8 Å². The molecule has 2 aromatic heterocycles. The van der Waals surface area contributed by atoms with Crippen LogP contribution in [0.5, 0.6) is 0 Å². The topological polar surface area (TPSA) is 80.9 Å². The van der Waals surface area contributed by atoms with Crippen LogP contribution < -0.4 is 5.32 Å². The standard InChI is InChI=1S/C14H11ClN4O2S/c15-10-4-2-1-3-9(10)11-7-16-13(21-11)6-5-12(20)18-14-19-17-8-22-14/h1-4,7-8H,5-6H2,(H,18,19,20). The third-order valence-electron chi connectivity index (χ3n) is 2.87. The molecule has 0 bridgehead atoms. The lowest BCUT2D eigenvalue weighted by atomic mass is 10.2. The van der Waals surface area contributed by atoms with Crippen LogP contribution in [0.25, 0.3) is 11.3 Å². The highest BCUT2D eigenvalue weighted by molar-refractivity contribution is 7.13. The molecule has 0 fully saturated rings. The van der Waals surface area contributed by atoms with E-state index >= 15 is 0 Å². The summed E-state index contributed by atoms with van der Waals surface area (Å²) in [6.07, 6.45) is 2.26. The number of oxazole rings is 1. The molecule has 0 radical (unpaired) electrons. The fraction of sp³-hybridized carbons (Fsp3) is 0.143. The van der Waals surface area contributed by atoms with E-state index in [-0.39, 0.29) is 12.3 Å². The smallest absolute Gasteiger partial charge is 0.226 e. The summed E-state index contributed by atoms with van der Waals surface area (Å²) in [5, 5.41) is 11.1. The van der Waals surface area contributed by atoms with Crippen LogP contribution in [-0.2, 0) is 11.2 Å². The number of benzene rings is 1. The van der Waals surface area contributed by atoms with Gasteiger partial charge in [-0.3, -0.25) is 4.79 Å². The number of anilines is 1. The second kappa shape index (κ2) is 6.67. The number of aryl methyl sites for hydroxylation is 1. The van der Waals surface area contributed by atoms with Crippen LogP contribution in [0.4, 0.5) is 5.13 Å². The van der Waals surface area contributed by atoms with Gasteiger partial charge in [0.1, 0.15) is 5.51 Å². The Labute approximate surface area is 135 Å². The average molecular weight is 335 g/mol. The molecule has 1 amide bonds. The number of hydrogen-bond acceptors (Lipinski definition) is 6. The van der Waals surface area contributed by atoms with Gasteiger partial charge in [0.25, 0.3) is 0 Å². The van der Waals surface area contributed by atoms with Crippen LogP contribution in [0.3, 0.4) is 0 Å². The molecule has 8 heteroatoms. The summed E-state index contributed by atoms with van der Waals surface area (Å²) in [5.74, 6) is 0.918. The van der Waals surface area contributed by atoms with Crippen LogP contribution in [-0.4, -0.2) is 21.1 Å². The minimum Gasteiger partial charge on any atom is -0.441 e. The van der Waals surface area contributed by atoms with Gasteiger partial charge in [-0.1, -0.05) is 35.1 Å². The van der Waals surface area contributed by atoms with Crippen molar-refractivity contribution < 1.29 is 9.21 Å². The molecule has 112 valence electrons. The Bertz CT molecular complexity index is 773. The van der Waals surface area contributed by atoms with E-state index in [0.717, 1.165) is 5.56 Å². The molecule has 2 heterocycles. The Morgan fingerprint density at radius 1 is 1.36 bits per heavy atom. The number of aromatic nitrogens is 3. The summed E-state index contributed by atoms with van der Waals surface area (Å²) in [5.41, 5.74) is 2.33. The molecule has 0 saturated heterocycles. The van der Waals surface area contributed by atoms with E-state index < -0.39 is 0 Å². The second-order valence-corrected chi connectivity index (χ2v) is 5.63. The fourth-order valence-corrected chi connectivity index (χ4v) is 2.53. The molecule has 0 spiro atoms. The Hall–Kier alpha value is -2.25. The third kappa shape index (κ3) is 3.49. The van der Waals surface area contributed by atoms with Gasteiger partial charge >= 0.3 is 0 Å². The predicted octanol–water partition coefficient (Wildman–Crippen LogP) is 3.42. The monoisotopic (exact) mass is 334 g/mol. The first-order valence-electron chi connectivity index (χ1n) is 6.48. The Kier molecular flexibility index (Phi) is 4.45. The van der Waals surface area contributed by atoms with Crippen molar-refractivity contribution in [2.75, 3.05) is 5.32 Å². The number of carbonyl (C=O) groups excluding carboxylic acids is 1. The molecule has 0 saturated carbocycles. The van der Waals surface area contributed by atoms with Crippen LogP contribution in [0.2, 0.25) is 5.02 Å². The lowest BCUT2D eigenvalue weighted by molar-refractivity contribution is -0.116.